The van der Waals surface area contributed by atoms with Crippen LogP contribution in [0.3, 0.4) is 0 Å². The van der Waals surface area contributed by atoms with E-state index >= 15 is 0 Å². The molecule has 1 fully saturated rings. The van der Waals surface area contributed by atoms with Gasteiger partial charge in [0.1, 0.15) is 11.6 Å². The predicted octanol–water partition coefficient (Wildman–Crippen LogP) is 2.79. The molecule has 0 N–H and O–H groups in total. The molecule has 1 unspecified atom stereocenters. The molecule has 2 aromatic carbocycles. The molecule has 3 rings (SSSR count). The van der Waals surface area contributed by atoms with Crippen molar-refractivity contribution in [3.05, 3.63) is 64.9 Å². The number of amides is 2. The number of nitrogens with zero attached hydrogens (tertiary/aromatic N) is 3. The topological polar surface area (TPSA) is 62.3 Å². The van der Waals surface area contributed by atoms with Crippen molar-refractivity contribution >= 4 is 23.4 Å². The molecule has 0 aliphatic carbocycles. The average molecular weight is 478 g/mol. The number of hydrogen-bond donors (Lipinski definition) is 0. The summed E-state index contributed by atoms with van der Waals surface area (Å²) in [5.41, 5.74) is 0.412. The lowest BCUT2D eigenvalue weighted by molar-refractivity contribution is -0.141. The van der Waals surface area contributed by atoms with E-state index in [1.54, 1.807) is 34.1 Å². The SMILES string of the molecule is CN(C)CCN(CC1CN(C(=O)COc2ccc(Cl)cc2)CCO1)C(=O)c1ccc(F)cc1. The van der Waals surface area contributed by atoms with Gasteiger partial charge in [-0.1, -0.05) is 11.6 Å². The number of rotatable bonds is 9. The van der Waals surface area contributed by atoms with Gasteiger partial charge in [0.15, 0.2) is 6.61 Å². The lowest BCUT2D eigenvalue weighted by Gasteiger charge is -2.36. The number of halogens is 2. The lowest BCUT2D eigenvalue weighted by atomic mass is 10.1. The molecule has 178 valence electrons. The molecule has 0 spiro atoms. The van der Waals surface area contributed by atoms with Gasteiger partial charge in [-0.25, -0.2) is 4.39 Å². The molecule has 7 nitrogen and oxygen atoms in total. The number of hydrogen-bond acceptors (Lipinski definition) is 5. The van der Waals surface area contributed by atoms with Gasteiger partial charge in [0.25, 0.3) is 11.8 Å². The van der Waals surface area contributed by atoms with Crippen LogP contribution in [-0.4, -0.2) is 92.7 Å². The first kappa shape index (κ1) is 25.0. The molecule has 2 amide bonds. The number of carbonyl (C=O) groups is 2. The number of likely N-dealkylation sites (N-methyl/N-ethyl adjacent to an activating group) is 1. The van der Waals surface area contributed by atoms with Gasteiger partial charge >= 0.3 is 0 Å². The van der Waals surface area contributed by atoms with E-state index in [0.717, 1.165) is 0 Å². The summed E-state index contributed by atoms with van der Waals surface area (Å²) >= 11 is 5.87. The fourth-order valence-electron chi connectivity index (χ4n) is 3.44. The van der Waals surface area contributed by atoms with E-state index in [1.807, 2.05) is 19.0 Å². The third-order valence-electron chi connectivity index (χ3n) is 5.29. The Bertz CT molecular complexity index is 924. The zero-order chi connectivity index (χ0) is 23.8. The average Bonchev–Trinajstić information content (AvgIpc) is 2.81. The molecule has 9 heteroatoms. The normalized spacial score (nSPS) is 16.0. The quantitative estimate of drug-likeness (QED) is 0.556. The van der Waals surface area contributed by atoms with Crippen molar-refractivity contribution in [1.29, 1.82) is 0 Å². The Labute approximate surface area is 198 Å². The molecule has 0 saturated carbocycles. The largest absolute Gasteiger partial charge is 0.484 e. The molecule has 1 saturated heterocycles. The zero-order valence-corrected chi connectivity index (χ0v) is 19.6. The molecule has 33 heavy (non-hydrogen) atoms. The van der Waals surface area contributed by atoms with Gasteiger partial charge in [0.05, 0.1) is 12.7 Å². The molecule has 1 heterocycles. The fraction of sp³-hybridized carbons (Fsp3) is 0.417. The molecule has 0 bridgehead atoms. The van der Waals surface area contributed by atoms with Crippen molar-refractivity contribution in [2.24, 2.45) is 0 Å². The van der Waals surface area contributed by atoms with Crippen LogP contribution in [0.25, 0.3) is 0 Å². The fourth-order valence-corrected chi connectivity index (χ4v) is 3.57. The minimum Gasteiger partial charge on any atom is -0.484 e. The molecule has 1 atom stereocenters. The van der Waals surface area contributed by atoms with Gasteiger partial charge in [0.2, 0.25) is 0 Å². The Hall–Kier alpha value is -2.68. The number of carbonyl (C=O) groups excluding carboxylic acids is 2. The second-order valence-electron chi connectivity index (χ2n) is 8.14. The van der Waals surface area contributed by atoms with E-state index in [2.05, 4.69) is 0 Å². The first-order valence-electron chi connectivity index (χ1n) is 10.8. The number of benzene rings is 2. The van der Waals surface area contributed by atoms with E-state index in [-0.39, 0.29) is 24.5 Å². The maximum Gasteiger partial charge on any atom is 0.260 e. The van der Waals surface area contributed by atoms with Gasteiger partial charge in [-0.05, 0) is 62.6 Å². The molecular weight excluding hydrogens is 449 g/mol. The van der Waals surface area contributed by atoms with E-state index in [1.165, 1.54) is 24.3 Å². The number of ether oxygens (including phenoxy) is 2. The highest BCUT2D eigenvalue weighted by molar-refractivity contribution is 6.30. The minimum atomic E-state index is -0.392. The summed E-state index contributed by atoms with van der Waals surface area (Å²) in [4.78, 5) is 31.1. The maximum atomic E-state index is 13.3. The van der Waals surface area contributed by atoms with Crippen LogP contribution in [0.5, 0.6) is 5.75 Å². The summed E-state index contributed by atoms with van der Waals surface area (Å²) in [6, 6.07) is 12.3. The standard InChI is InChI=1S/C24H29ClFN3O4/c1-27(2)11-12-29(24(31)18-3-7-20(26)8-4-18)16-22-15-28(13-14-32-22)23(30)17-33-21-9-5-19(25)6-10-21/h3-10,22H,11-17H2,1-2H3. The minimum absolute atomic E-state index is 0.0901. The van der Waals surface area contributed by atoms with Crippen molar-refractivity contribution in [1.82, 2.24) is 14.7 Å². The summed E-state index contributed by atoms with van der Waals surface area (Å²) in [6.45, 7) is 2.58. The lowest BCUT2D eigenvalue weighted by Crippen LogP contribution is -2.52. The molecule has 1 aliphatic rings. The molecular formula is C24H29ClFN3O4. The van der Waals surface area contributed by atoms with E-state index in [0.29, 0.717) is 55.7 Å². The van der Waals surface area contributed by atoms with Crippen LogP contribution in [0.1, 0.15) is 10.4 Å². The maximum absolute atomic E-state index is 13.3. The van der Waals surface area contributed by atoms with E-state index < -0.39 is 5.82 Å². The van der Waals surface area contributed by atoms with Gasteiger partial charge in [0, 0.05) is 43.3 Å². The highest BCUT2D eigenvalue weighted by atomic mass is 35.5. The Balaban J connectivity index is 1.59. The Morgan fingerprint density at radius 2 is 1.82 bits per heavy atom. The molecule has 1 aliphatic heterocycles. The van der Waals surface area contributed by atoms with E-state index in [4.69, 9.17) is 21.1 Å². The van der Waals surface area contributed by atoms with Crippen molar-refractivity contribution in [2.45, 2.75) is 6.10 Å². The van der Waals surface area contributed by atoms with Crippen molar-refractivity contribution in [3.63, 3.8) is 0 Å². The monoisotopic (exact) mass is 477 g/mol. The van der Waals surface area contributed by atoms with Crippen LogP contribution < -0.4 is 4.74 Å². The van der Waals surface area contributed by atoms with Crippen LogP contribution in [0.4, 0.5) is 4.39 Å². The zero-order valence-electron chi connectivity index (χ0n) is 18.9. The Morgan fingerprint density at radius 3 is 2.48 bits per heavy atom. The second kappa shape index (κ2) is 12.0. The molecule has 0 aromatic heterocycles. The van der Waals surface area contributed by atoms with Crippen molar-refractivity contribution in [2.75, 3.05) is 60.0 Å². The van der Waals surface area contributed by atoms with Crippen LogP contribution in [0.2, 0.25) is 5.02 Å². The predicted molar refractivity (Wildman–Crippen MR) is 124 cm³/mol. The third-order valence-corrected chi connectivity index (χ3v) is 5.54. The van der Waals surface area contributed by atoms with Crippen molar-refractivity contribution in [3.8, 4) is 5.75 Å². The van der Waals surface area contributed by atoms with Crippen LogP contribution in [0.15, 0.2) is 48.5 Å². The van der Waals surface area contributed by atoms with Gasteiger partial charge in [-0.15, -0.1) is 0 Å². The van der Waals surface area contributed by atoms with Crippen LogP contribution in [-0.2, 0) is 9.53 Å². The van der Waals surface area contributed by atoms with Crippen molar-refractivity contribution < 1.29 is 23.5 Å². The first-order valence-corrected chi connectivity index (χ1v) is 11.2. The van der Waals surface area contributed by atoms with E-state index in [9.17, 15) is 14.0 Å². The Kier molecular flexibility index (Phi) is 9.05. The van der Waals surface area contributed by atoms with Gasteiger partial charge in [-0.3, -0.25) is 9.59 Å². The highest BCUT2D eigenvalue weighted by Gasteiger charge is 2.28. The summed E-state index contributed by atoms with van der Waals surface area (Å²) in [5, 5.41) is 0.596. The third kappa shape index (κ3) is 7.70. The van der Waals surface area contributed by atoms with Crippen LogP contribution in [0, 0.1) is 5.82 Å². The van der Waals surface area contributed by atoms with Gasteiger partial charge < -0.3 is 24.2 Å². The molecule has 2 aromatic rings. The second-order valence-corrected chi connectivity index (χ2v) is 8.57. The highest BCUT2D eigenvalue weighted by Crippen LogP contribution is 2.16. The Morgan fingerprint density at radius 1 is 1.12 bits per heavy atom. The van der Waals surface area contributed by atoms with Crippen LogP contribution >= 0.6 is 11.6 Å². The first-order chi connectivity index (χ1) is 15.8. The summed E-state index contributed by atoms with van der Waals surface area (Å²) in [5.74, 6) is -0.174. The number of morpholine rings is 1. The smallest absolute Gasteiger partial charge is 0.260 e. The summed E-state index contributed by atoms with van der Waals surface area (Å²) in [7, 11) is 3.86. The summed E-state index contributed by atoms with van der Waals surface area (Å²) < 4.78 is 24.7. The molecule has 0 radical (unpaired) electrons. The van der Waals surface area contributed by atoms with Gasteiger partial charge in [-0.2, -0.15) is 0 Å². The summed E-state index contributed by atoms with van der Waals surface area (Å²) in [6.07, 6.45) is -0.329.